The lowest BCUT2D eigenvalue weighted by Gasteiger charge is -2.41. The number of H-pyrrole nitrogens is 1. The number of para-hydroxylation sites is 1. The van der Waals surface area contributed by atoms with Gasteiger partial charge >= 0.3 is 5.97 Å². The second kappa shape index (κ2) is 44.5. The molecule has 0 radical (unpaired) electrons. The van der Waals surface area contributed by atoms with Crippen LogP contribution in [0, 0.1) is 29.6 Å². The number of ketones is 1. The Morgan fingerprint density at radius 2 is 1.28 bits per heavy atom. The third-order valence-electron chi connectivity index (χ3n) is 19.0. The van der Waals surface area contributed by atoms with Gasteiger partial charge in [0.25, 0.3) is 0 Å². The lowest BCUT2D eigenvalue weighted by atomic mass is 9.84. The number of aromatic nitrogens is 3. The molecular weight excluding hydrogens is 1310 g/mol. The van der Waals surface area contributed by atoms with Gasteiger partial charge < -0.3 is 69.1 Å². The molecule has 6 rings (SSSR count). The minimum Gasteiger partial charge on any atom is -0.480 e. The zero-order chi connectivity index (χ0) is 74.8. The van der Waals surface area contributed by atoms with Crippen LogP contribution in [-0.2, 0) is 84.5 Å². The number of carboxylic acids is 1. The minimum absolute atomic E-state index is 0.0105. The van der Waals surface area contributed by atoms with Crippen LogP contribution in [0.1, 0.15) is 138 Å². The molecule has 26 nitrogen and oxygen atoms in total. The number of Topliss-reactive ketones (excluding diaryl/α,β-unsaturated/α-hetero) is 1. The van der Waals surface area contributed by atoms with E-state index >= 15 is 0 Å². The highest BCUT2D eigenvalue weighted by Gasteiger charge is 2.44. The molecule has 7 amide bonds. The number of carboxylic acid groups (broad SMARTS) is 1. The number of likely N-dealkylation sites (N-methyl/N-ethyl adjacent to an activating group) is 2. The topological polar surface area (TPSA) is 320 Å². The number of nitrogens with zero attached hydrogens (tertiary/aromatic N) is 6. The molecule has 2 aliphatic heterocycles. The Kier molecular flexibility index (Phi) is 36.9. The zero-order valence-electron chi connectivity index (χ0n) is 62.4. The van der Waals surface area contributed by atoms with Crippen molar-refractivity contribution in [3.8, 4) is 22.5 Å². The number of aliphatic carboxylic acids is 1. The van der Waals surface area contributed by atoms with Gasteiger partial charge in [0.05, 0.1) is 108 Å². The second-order valence-corrected chi connectivity index (χ2v) is 26.6. The largest absolute Gasteiger partial charge is 0.480 e. The van der Waals surface area contributed by atoms with Gasteiger partial charge in [-0.1, -0.05) is 142 Å². The van der Waals surface area contributed by atoms with Crippen LogP contribution in [0.25, 0.3) is 22.5 Å². The van der Waals surface area contributed by atoms with E-state index in [2.05, 4.69) is 31.4 Å². The predicted molar refractivity (Wildman–Crippen MR) is 387 cm³/mol. The van der Waals surface area contributed by atoms with Gasteiger partial charge in [0.15, 0.2) is 5.78 Å². The Hall–Kier alpha value is -8.01. The number of fused-ring (bicyclic) bond motifs is 5. The van der Waals surface area contributed by atoms with Crippen LogP contribution < -0.4 is 20.9 Å². The molecule has 1 unspecified atom stereocenters. The molecule has 1 fully saturated rings. The zero-order valence-corrected chi connectivity index (χ0v) is 62.4. The molecule has 9 atom stereocenters. The molecule has 2 aliphatic rings. The number of carbonyl (C=O) groups excluding carboxylic acids is 8. The molecule has 3 heterocycles. The number of carbonyl (C=O) groups is 9. The maximum Gasteiger partial charge on any atom is 0.326 e. The first-order valence-electron chi connectivity index (χ1n) is 36.2. The second-order valence-electron chi connectivity index (χ2n) is 26.6. The molecule has 4 aromatic rings. The van der Waals surface area contributed by atoms with Crippen LogP contribution in [-0.4, -0.2) is 225 Å². The average Bonchev–Trinajstić information content (AvgIpc) is 1.61. The van der Waals surface area contributed by atoms with Crippen LogP contribution in [0.4, 0.5) is 5.69 Å². The summed E-state index contributed by atoms with van der Waals surface area (Å²) in [5.74, 6) is -5.70. The first-order chi connectivity index (χ1) is 49.0. The highest BCUT2D eigenvalue weighted by atomic mass is 16.6. The average molecular weight is 1420 g/mol. The smallest absolute Gasteiger partial charge is 0.326 e. The van der Waals surface area contributed by atoms with Gasteiger partial charge in [0.2, 0.25) is 41.4 Å². The van der Waals surface area contributed by atoms with Crippen molar-refractivity contribution in [1.82, 2.24) is 46.1 Å². The fourth-order valence-corrected chi connectivity index (χ4v) is 13.0. The molecule has 0 bridgehead atoms. The number of likely N-dealkylation sites (tertiary alicyclic amines) is 1. The standard InChI is InChI=1S/C74H108N10O16.C2H6/c1-12-50(6)70(61(95-10)46-66(90)83-34-21-28-59(83)71(96-11)51(7)72(91)76-57(74(93)94)44-52-22-14-13-15-23-52)82(9)73(92)56(48(2)3)45-60(85)67(49(4)5)77-63(87)29-20-30-64(88)81(8)35-37-98-39-41-100-43-42-99-40-38-97-36-32-62(86)75-33-31-65(89)84-47-53-24-16-17-25-54(53)68-69(79-80-78-68)55-26-18-19-27-58(55)84;1-2/h13-19,22-27,48-51,56-57,59,61,67,70-71H,12,20-21,28-47H2,1-11H3,(H,75,86)(H,76,91)(H,77,87)(H,93,94)(H,78,79,80);1-2H3/t50-,51+,56-,57+,59?,61+,67-,70-,71+;/m0./s1. The number of aromatic amines is 1. The number of nitrogens with one attached hydrogen (secondary N) is 4. The highest BCUT2D eigenvalue weighted by molar-refractivity contribution is 6.00. The lowest BCUT2D eigenvalue weighted by Crippen LogP contribution is -2.55. The Morgan fingerprint density at radius 1 is 0.676 bits per heavy atom. The van der Waals surface area contributed by atoms with Crippen molar-refractivity contribution >= 4 is 58.8 Å². The number of rotatable bonds is 44. The van der Waals surface area contributed by atoms with Crippen molar-refractivity contribution in [2.24, 2.45) is 29.6 Å². The van der Waals surface area contributed by atoms with Crippen LogP contribution in [0.3, 0.4) is 0 Å². The van der Waals surface area contributed by atoms with E-state index in [1.54, 1.807) is 60.0 Å². The van der Waals surface area contributed by atoms with Crippen LogP contribution in [0.5, 0.6) is 0 Å². The molecular formula is C76H114N10O16. The van der Waals surface area contributed by atoms with Gasteiger partial charge in [0.1, 0.15) is 17.4 Å². The van der Waals surface area contributed by atoms with Gasteiger partial charge in [-0.25, -0.2) is 4.79 Å². The van der Waals surface area contributed by atoms with Crippen molar-refractivity contribution < 1.29 is 76.7 Å². The van der Waals surface area contributed by atoms with Crippen LogP contribution >= 0.6 is 0 Å². The van der Waals surface area contributed by atoms with Gasteiger partial charge in [-0.15, -0.1) is 0 Å². The number of anilines is 1. The van der Waals surface area contributed by atoms with Gasteiger partial charge in [-0.3, -0.25) is 38.4 Å². The Labute approximate surface area is 602 Å². The van der Waals surface area contributed by atoms with E-state index < -0.39 is 60.1 Å². The number of benzene rings is 3. The first kappa shape index (κ1) is 84.6. The SMILES string of the molecule is CC.CC[C@H](C)[C@@H]([C@@H](CC(=O)N1CCCC1[C@H](OC)[C@@H](C)C(=O)N[C@H](Cc1ccccc1)C(=O)O)OC)N(C)C(=O)[C@@H](CC(=O)[C@@H](NC(=O)CCCC(=O)N(C)CCOCCOCCOCCOCCC(=O)NCCC(=O)N1Cc2ccccc2-c2n[nH]nc2-c2ccccc21)C(C)C)C(C)C. The summed E-state index contributed by atoms with van der Waals surface area (Å²) in [7, 11) is 6.32. The molecule has 1 aromatic heterocycles. The van der Waals surface area contributed by atoms with Crippen molar-refractivity contribution in [2.45, 2.75) is 176 Å². The molecule has 26 heteroatoms. The fourth-order valence-electron chi connectivity index (χ4n) is 13.0. The van der Waals surface area contributed by atoms with Gasteiger partial charge in [-0.05, 0) is 54.2 Å². The highest BCUT2D eigenvalue weighted by Crippen LogP contribution is 2.40. The maximum absolute atomic E-state index is 14.7. The minimum atomic E-state index is -1.17. The molecule has 5 N–H and O–H groups in total. The summed E-state index contributed by atoms with van der Waals surface area (Å²) in [4.78, 5) is 129. The van der Waals surface area contributed by atoms with Gasteiger partial charge in [-0.2, -0.15) is 15.4 Å². The summed E-state index contributed by atoms with van der Waals surface area (Å²) in [6, 6.07) is 21.3. The number of hydrogen-bond acceptors (Lipinski definition) is 17. The summed E-state index contributed by atoms with van der Waals surface area (Å²) >= 11 is 0. The third-order valence-corrected chi connectivity index (χ3v) is 19.0. The van der Waals surface area contributed by atoms with E-state index in [0.29, 0.717) is 77.6 Å². The summed E-state index contributed by atoms with van der Waals surface area (Å²) in [5, 5.41) is 30.0. The van der Waals surface area contributed by atoms with E-state index in [4.69, 9.17) is 28.4 Å². The third kappa shape index (κ3) is 25.4. The Balaban J connectivity index is 0.00000928. The van der Waals surface area contributed by atoms with Crippen molar-refractivity contribution in [2.75, 3.05) is 106 Å². The summed E-state index contributed by atoms with van der Waals surface area (Å²) in [6.45, 7) is 20.7. The number of methoxy groups -OCH3 is 2. The monoisotopic (exact) mass is 1420 g/mol. The lowest BCUT2D eigenvalue weighted by molar-refractivity contribution is -0.149. The van der Waals surface area contributed by atoms with E-state index in [0.717, 1.165) is 33.6 Å². The number of hydrogen-bond donors (Lipinski definition) is 5. The van der Waals surface area contributed by atoms with Crippen molar-refractivity contribution in [3.05, 3.63) is 90.0 Å². The number of ether oxygens (including phenoxy) is 6. The Morgan fingerprint density at radius 3 is 1.90 bits per heavy atom. The van der Waals surface area contributed by atoms with Crippen molar-refractivity contribution in [3.63, 3.8) is 0 Å². The Bertz CT molecular complexity index is 3280. The molecule has 102 heavy (non-hydrogen) atoms. The molecule has 0 spiro atoms. The molecule has 1 saturated heterocycles. The summed E-state index contributed by atoms with van der Waals surface area (Å²) < 4.78 is 34.4. The predicted octanol–water partition coefficient (Wildman–Crippen LogP) is 7.71. The molecule has 564 valence electrons. The normalized spacial score (nSPS) is 15.7. The van der Waals surface area contributed by atoms with Gasteiger partial charge in [0, 0.05) is 104 Å². The quantitative estimate of drug-likeness (QED) is 0.0265. The van der Waals surface area contributed by atoms with Crippen LogP contribution in [0.2, 0.25) is 0 Å². The summed E-state index contributed by atoms with van der Waals surface area (Å²) in [5.41, 5.74) is 5.49. The van der Waals surface area contributed by atoms with E-state index in [1.807, 2.05) is 110 Å². The van der Waals surface area contributed by atoms with E-state index in [-0.39, 0.29) is 137 Å². The number of amides is 7. The summed E-state index contributed by atoms with van der Waals surface area (Å²) in [6.07, 6.45) is 0.834. The molecule has 0 aliphatic carbocycles. The van der Waals surface area contributed by atoms with E-state index in [9.17, 15) is 48.3 Å². The fraction of sp³-hybridized carbons (Fsp3) is 0.618. The van der Waals surface area contributed by atoms with Crippen LogP contribution in [0.15, 0.2) is 78.9 Å². The van der Waals surface area contributed by atoms with Crippen molar-refractivity contribution in [1.29, 1.82) is 0 Å². The molecule has 3 aromatic carbocycles. The maximum atomic E-state index is 14.7. The molecule has 0 saturated carbocycles. The van der Waals surface area contributed by atoms with E-state index in [1.165, 1.54) is 19.1 Å². The first-order valence-corrected chi connectivity index (χ1v) is 36.2.